The molecule has 1 aliphatic rings. The van der Waals surface area contributed by atoms with Gasteiger partial charge in [-0.1, -0.05) is 24.3 Å². The van der Waals surface area contributed by atoms with Gasteiger partial charge in [0, 0.05) is 37.2 Å². The van der Waals surface area contributed by atoms with Gasteiger partial charge in [0.2, 0.25) is 0 Å². The number of carbonyl (C=O) groups is 3. The quantitative estimate of drug-likeness (QED) is 0.327. The Bertz CT molecular complexity index is 1380. The maximum atomic E-state index is 12.8. The normalized spacial score (nSPS) is 15.8. The highest BCUT2D eigenvalue weighted by atomic mass is 32.1. The van der Waals surface area contributed by atoms with Gasteiger partial charge in [-0.3, -0.25) is 5.32 Å². The molecule has 2 atom stereocenters. The highest BCUT2D eigenvalue weighted by Crippen LogP contribution is 2.33. The lowest BCUT2D eigenvalue weighted by molar-refractivity contribution is -0.111. The minimum Gasteiger partial charge on any atom is -0.497 e. The van der Waals surface area contributed by atoms with Gasteiger partial charge in [-0.25, -0.2) is 14.6 Å². The molecule has 224 valence electrons. The number of methoxy groups -OCH3 is 1. The molecule has 0 bridgehead atoms. The van der Waals surface area contributed by atoms with Gasteiger partial charge < -0.3 is 29.4 Å². The van der Waals surface area contributed by atoms with Crippen LogP contribution in [-0.4, -0.2) is 67.2 Å². The SMILES string of the molecule is COc1ccc(C(C)(C=O)c2csc(NC(=O)NC(C)c3ccc(N4CCN(C(=O)OC(C)(C)C)CC4)cc3)n2)cc1. The third-order valence-corrected chi connectivity index (χ3v) is 7.98. The van der Waals surface area contributed by atoms with E-state index in [9.17, 15) is 14.4 Å². The van der Waals surface area contributed by atoms with E-state index in [-0.39, 0.29) is 18.2 Å². The number of carbonyl (C=O) groups excluding carboxylic acids is 3. The highest BCUT2D eigenvalue weighted by molar-refractivity contribution is 7.14. The predicted octanol–water partition coefficient (Wildman–Crippen LogP) is 5.60. The summed E-state index contributed by atoms with van der Waals surface area (Å²) in [5.74, 6) is 0.700. The van der Waals surface area contributed by atoms with E-state index in [1.165, 1.54) is 11.3 Å². The predicted molar refractivity (Wildman–Crippen MR) is 165 cm³/mol. The smallest absolute Gasteiger partial charge is 0.410 e. The van der Waals surface area contributed by atoms with Crippen LogP contribution in [0.25, 0.3) is 0 Å². The van der Waals surface area contributed by atoms with E-state index < -0.39 is 11.0 Å². The van der Waals surface area contributed by atoms with Gasteiger partial charge in [0.25, 0.3) is 0 Å². The minimum absolute atomic E-state index is 0.248. The summed E-state index contributed by atoms with van der Waals surface area (Å²) in [7, 11) is 1.59. The second-order valence-electron chi connectivity index (χ2n) is 11.5. The fourth-order valence-electron chi connectivity index (χ4n) is 4.64. The van der Waals surface area contributed by atoms with Gasteiger partial charge in [-0.05, 0) is 70.0 Å². The Hall–Kier alpha value is -4.12. The van der Waals surface area contributed by atoms with Crippen molar-refractivity contribution in [2.45, 2.75) is 51.7 Å². The summed E-state index contributed by atoms with van der Waals surface area (Å²) < 4.78 is 10.7. The molecule has 1 aromatic heterocycles. The number of amides is 3. The van der Waals surface area contributed by atoms with Crippen LogP contribution in [0.3, 0.4) is 0 Å². The van der Waals surface area contributed by atoms with Gasteiger partial charge in [-0.15, -0.1) is 11.3 Å². The van der Waals surface area contributed by atoms with E-state index in [4.69, 9.17) is 9.47 Å². The molecule has 0 saturated carbocycles. The van der Waals surface area contributed by atoms with Crippen LogP contribution in [0.15, 0.2) is 53.9 Å². The molecular weight excluding hydrogens is 554 g/mol. The summed E-state index contributed by atoms with van der Waals surface area (Å²) in [6.07, 6.45) is 0.583. The topological polar surface area (TPSA) is 113 Å². The van der Waals surface area contributed by atoms with Crippen molar-refractivity contribution in [2.24, 2.45) is 0 Å². The molecule has 0 aliphatic carbocycles. The van der Waals surface area contributed by atoms with Crippen LogP contribution >= 0.6 is 11.3 Å². The fourth-order valence-corrected chi connectivity index (χ4v) is 5.47. The number of piperazine rings is 1. The molecule has 1 fully saturated rings. The van der Waals surface area contributed by atoms with E-state index in [1.54, 1.807) is 36.4 Å². The first-order chi connectivity index (χ1) is 19.9. The van der Waals surface area contributed by atoms with Crippen molar-refractivity contribution in [1.29, 1.82) is 0 Å². The lowest BCUT2D eigenvalue weighted by atomic mass is 9.81. The molecule has 2 heterocycles. The number of rotatable bonds is 8. The first kappa shape index (κ1) is 30.8. The summed E-state index contributed by atoms with van der Waals surface area (Å²) in [5.41, 5.74) is 1.88. The average Bonchev–Trinajstić information content (AvgIpc) is 3.45. The molecule has 0 spiro atoms. The van der Waals surface area contributed by atoms with E-state index in [1.807, 2.05) is 64.1 Å². The van der Waals surface area contributed by atoms with E-state index in [2.05, 4.69) is 20.5 Å². The van der Waals surface area contributed by atoms with E-state index >= 15 is 0 Å². The van der Waals surface area contributed by atoms with Gasteiger partial charge >= 0.3 is 12.1 Å². The highest BCUT2D eigenvalue weighted by Gasteiger charge is 2.32. The van der Waals surface area contributed by atoms with Crippen molar-refractivity contribution in [2.75, 3.05) is 43.5 Å². The summed E-state index contributed by atoms with van der Waals surface area (Å²) >= 11 is 1.26. The Balaban J connectivity index is 1.30. The Morgan fingerprint density at radius 3 is 2.21 bits per heavy atom. The summed E-state index contributed by atoms with van der Waals surface area (Å²) in [6, 6.07) is 14.7. The summed E-state index contributed by atoms with van der Waals surface area (Å²) in [4.78, 5) is 45.7. The second-order valence-corrected chi connectivity index (χ2v) is 12.3. The zero-order chi connectivity index (χ0) is 30.5. The number of hydrogen-bond acceptors (Lipinski definition) is 8. The molecule has 2 aromatic carbocycles. The van der Waals surface area contributed by atoms with Crippen molar-refractivity contribution < 1.29 is 23.9 Å². The molecule has 2 unspecified atom stereocenters. The van der Waals surface area contributed by atoms with Crippen molar-refractivity contribution in [1.82, 2.24) is 15.2 Å². The molecule has 1 saturated heterocycles. The van der Waals surface area contributed by atoms with Crippen molar-refractivity contribution in [3.05, 3.63) is 70.7 Å². The Labute approximate surface area is 251 Å². The molecule has 2 N–H and O–H groups in total. The fraction of sp³-hybridized carbons (Fsp3) is 0.419. The molecule has 3 aromatic rings. The Kier molecular flexibility index (Phi) is 9.40. The zero-order valence-electron chi connectivity index (χ0n) is 25.0. The maximum Gasteiger partial charge on any atom is 0.410 e. The van der Waals surface area contributed by atoms with Crippen LogP contribution in [0.2, 0.25) is 0 Å². The van der Waals surface area contributed by atoms with Crippen molar-refractivity contribution in [3.8, 4) is 5.75 Å². The number of anilines is 2. The standard InChI is InChI=1S/C31H39N5O5S/c1-21(22-7-11-24(12-8-22)35-15-17-36(18-16-35)29(39)41-30(2,3)4)32-27(38)34-28-33-26(19-42-28)31(5,20-37)23-9-13-25(40-6)14-10-23/h7-14,19-21H,15-18H2,1-6H3,(H2,32,33,34,38). The lowest BCUT2D eigenvalue weighted by Gasteiger charge is -2.36. The maximum absolute atomic E-state index is 12.8. The van der Waals surface area contributed by atoms with Crippen LogP contribution < -0.4 is 20.3 Å². The minimum atomic E-state index is -0.962. The Morgan fingerprint density at radius 2 is 1.64 bits per heavy atom. The molecule has 4 rings (SSSR count). The summed E-state index contributed by atoms with van der Waals surface area (Å²) in [5, 5.41) is 7.92. The number of nitrogens with one attached hydrogen (secondary N) is 2. The van der Waals surface area contributed by atoms with Crippen LogP contribution in [0.1, 0.15) is 57.5 Å². The van der Waals surface area contributed by atoms with Crippen LogP contribution in [0.4, 0.5) is 20.4 Å². The molecule has 3 amide bonds. The van der Waals surface area contributed by atoms with E-state index in [0.717, 1.165) is 23.1 Å². The van der Waals surface area contributed by atoms with Crippen molar-refractivity contribution in [3.63, 3.8) is 0 Å². The molecule has 11 heteroatoms. The number of aldehydes is 1. The van der Waals surface area contributed by atoms with Crippen molar-refractivity contribution >= 4 is 40.6 Å². The third kappa shape index (κ3) is 7.39. The van der Waals surface area contributed by atoms with Gasteiger partial charge in [-0.2, -0.15) is 0 Å². The number of aromatic nitrogens is 1. The number of hydrogen-bond donors (Lipinski definition) is 2. The van der Waals surface area contributed by atoms with Crippen LogP contribution in [0.5, 0.6) is 5.75 Å². The number of ether oxygens (including phenoxy) is 2. The second kappa shape index (κ2) is 12.8. The largest absolute Gasteiger partial charge is 0.497 e. The molecular formula is C31H39N5O5S. The lowest BCUT2D eigenvalue weighted by Crippen LogP contribution is -2.50. The number of nitrogens with zero attached hydrogens (tertiary/aromatic N) is 3. The third-order valence-electron chi connectivity index (χ3n) is 7.22. The van der Waals surface area contributed by atoms with Crippen LogP contribution in [-0.2, 0) is 14.9 Å². The monoisotopic (exact) mass is 593 g/mol. The number of thiazole rings is 1. The molecule has 1 aliphatic heterocycles. The van der Waals surface area contributed by atoms with Gasteiger partial charge in [0.15, 0.2) is 5.13 Å². The molecule has 10 nitrogen and oxygen atoms in total. The molecule has 42 heavy (non-hydrogen) atoms. The average molecular weight is 594 g/mol. The zero-order valence-corrected chi connectivity index (χ0v) is 25.8. The van der Waals surface area contributed by atoms with Gasteiger partial charge in [0.05, 0.1) is 24.3 Å². The van der Waals surface area contributed by atoms with E-state index in [0.29, 0.717) is 42.8 Å². The first-order valence-electron chi connectivity index (χ1n) is 13.9. The summed E-state index contributed by atoms with van der Waals surface area (Å²) in [6.45, 7) is 11.9. The van der Waals surface area contributed by atoms with Gasteiger partial charge in [0.1, 0.15) is 17.6 Å². The molecule has 0 radical (unpaired) electrons. The van der Waals surface area contributed by atoms with Crippen LogP contribution in [0, 0.1) is 0 Å². The number of benzene rings is 2. The Morgan fingerprint density at radius 1 is 1.00 bits per heavy atom. The first-order valence-corrected chi connectivity index (χ1v) is 14.8. The number of urea groups is 1.